The zero-order valence-corrected chi connectivity index (χ0v) is 20.4. The van der Waals surface area contributed by atoms with Crippen LogP contribution in [0.5, 0.6) is 0 Å². The van der Waals surface area contributed by atoms with Crippen molar-refractivity contribution in [1.82, 2.24) is 14.7 Å². The molecule has 0 spiro atoms. The van der Waals surface area contributed by atoms with E-state index in [9.17, 15) is 14.0 Å². The van der Waals surface area contributed by atoms with Gasteiger partial charge in [0.2, 0.25) is 5.91 Å². The molecule has 3 heterocycles. The van der Waals surface area contributed by atoms with Crippen LogP contribution in [0.25, 0.3) is 0 Å². The Labute approximate surface area is 200 Å². The molecule has 1 aromatic carbocycles. The number of hydrogen-bond donors (Lipinski definition) is 0. The van der Waals surface area contributed by atoms with Crippen LogP contribution in [-0.2, 0) is 11.2 Å². The Bertz CT molecular complexity index is 935. The van der Waals surface area contributed by atoms with E-state index in [1.165, 1.54) is 17.4 Å². The number of nitrogens with zero attached hydrogens (tertiary/aromatic N) is 3. The molecular weight excluding hydrogens is 437 g/mol. The van der Waals surface area contributed by atoms with E-state index in [-0.39, 0.29) is 23.7 Å². The number of benzene rings is 1. The van der Waals surface area contributed by atoms with Crippen LogP contribution in [0.1, 0.15) is 47.8 Å². The van der Waals surface area contributed by atoms with Crippen LogP contribution in [0.4, 0.5) is 4.39 Å². The van der Waals surface area contributed by atoms with Gasteiger partial charge in [-0.3, -0.25) is 9.59 Å². The first-order chi connectivity index (χ1) is 15.9. The van der Waals surface area contributed by atoms with E-state index in [0.29, 0.717) is 23.9 Å². The fraction of sp³-hybridized carbons (Fsp3) is 0.538. The number of carbonyl (C=O) groups is 2. The van der Waals surface area contributed by atoms with Crippen LogP contribution in [0.3, 0.4) is 0 Å². The van der Waals surface area contributed by atoms with Gasteiger partial charge in [0.1, 0.15) is 5.82 Å². The van der Waals surface area contributed by atoms with Gasteiger partial charge in [0.05, 0.1) is 4.88 Å². The van der Waals surface area contributed by atoms with E-state index in [4.69, 9.17) is 0 Å². The highest BCUT2D eigenvalue weighted by Crippen LogP contribution is 2.30. The quantitative estimate of drug-likeness (QED) is 0.631. The van der Waals surface area contributed by atoms with Crippen LogP contribution in [0, 0.1) is 11.7 Å². The average molecular weight is 472 g/mol. The molecule has 178 valence electrons. The lowest BCUT2D eigenvalue weighted by atomic mass is 9.84. The van der Waals surface area contributed by atoms with Gasteiger partial charge in [-0.25, -0.2) is 4.39 Å². The molecule has 2 fully saturated rings. The maximum atomic E-state index is 14.5. The highest BCUT2D eigenvalue weighted by Gasteiger charge is 2.35. The third kappa shape index (κ3) is 5.64. The summed E-state index contributed by atoms with van der Waals surface area (Å²) in [6.45, 7) is 5.31. The molecule has 2 aromatic rings. The number of thiophene rings is 1. The lowest BCUT2D eigenvalue weighted by molar-refractivity contribution is -0.130. The van der Waals surface area contributed by atoms with Gasteiger partial charge < -0.3 is 14.7 Å². The molecule has 1 aromatic heterocycles. The van der Waals surface area contributed by atoms with Crippen molar-refractivity contribution in [2.45, 2.75) is 51.1 Å². The Morgan fingerprint density at radius 3 is 2.36 bits per heavy atom. The summed E-state index contributed by atoms with van der Waals surface area (Å²) in [5.41, 5.74) is 0.673. The van der Waals surface area contributed by atoms with E-state index in [1.807, 2.05) is 46.5 Å². The number of likely N-dealkylation sites (N-methyl/N-ethyl adjacent to an activating group) is 1. The summed E-state index contributed by atoms with van der Waals surface area (Å²) in [6.07, 6.45) is 4.57. The molecule has 5 nitrogen and oxygen atoms in total. The minimum absolute atomic E-state index is 0.0189. The minimum atomic E-state index is -0.200. The monoisotopic (exact) mass is 471 g/mol. The third-order valence-corrected chi connectivity index (χ3v) is 8.34. The molecule has 0 radical (unpaired) electrons. The molecule has 0 unspecified atom stereocenters. The predicted molar refractivity (Wildman–Crippen MR) is 130 cm³/mol. The molecule has 0 bridgehead atoms. The first kappa shape index (κ1) is 23.9. The first-order valence-electron chi connectivity index (χ1n) is 12.0. The van der Waals surface area contributed by atoms with Crippen molar-refractivity contribution < 1.29 is 14.0 Å². The molecule has 33 heavy (non-hydrogen) atoms. The number of rotatable bonds is 6. The number of halogens is 1. The first-order valence-corrected chi connectivity index (χ1v) is 12.9. The largest absolute Gasteiger partial charge is 0.343 e. The number of piperidine rings is 2. The van der Waals surface area contributed by atoms with Gasteiger partial charge in [0, 0.05) is 39.1 Å². The molecule has 2 aliphatic heterocycles. The normalized spacial score (nSPS) is 19.4. The summed E-state index contributed by atoms with van der Waals surface area (Å²) in [5, 5.41) is 1.92. The van der Waals surface area contributed by atoms with Gasteiger partial charge in [0.25, 0.3) is 5.91 Å². The Morgan fingerprint density at radius 1 is 1.06 bits per heavy atom. The molecule has 4 rings (SSSR count). The van der Waals surface area contributed by atoms with Crippen LogP contribution in [0.2, 0.25) is 0 Å². The molecule has 2 saturated heterocycles. The van der Waals surface area contributed by atoms with E-state index in [1.54, 1.807) is 13.0 Å². The second-order valence-electron chi connectivity index (χ2n) is 9.37. The summed E-state index contributed by atoms with van der Waals surface area (Å²) >= 11 is 1.45. The Morgan fingerprint density at radius 2 is 1.76 bits per heavy atom. The van der Waals surface area contributed by atoms with E-state index in [2.05, 4.69) is 4.90 Å². The highest BCUT2D eigenvalue weighted by atomic mass is 32.1. The number of likely N-dealkylation sites (tertiary alicyclic amines) is 2. The van der Waals surface area contributed by atoms with Gasteiger partial charge in [-0.05, 0) is 74.2 Å². The van der Waals surface area contributed by atoms with Gasteiger partial charge >= 0.3 is 0 Å². The second-order valence-corrected chi connectivity index (χ2v) is 10.3. The van der Waals surface area contributed by atoms with Crippen LogP contribution < -0.4 is 0 Å². The molecule has 0 N–H and O–H groups in total. The van der Waals surface area contributed by atoms with Gasteiger partial charge in [-0.1, -0.05) is 24.3 Å². The number of amides is 2. The van der Waals surface area contributed by atoms with Crippen molar-refractivity contribution in [2.75, 3.05) is 33.2 Å². The zero-order chi connectivity index (χ0) is 23.4. The Hall–Kier alpha value is -2.25. The zero-order valence-electron chi connectivity index (χ0n) is 19.6. The third-order valence-electron chi connectivity index (χ3n) is 7.48. The molecular formula is C26H34FN3O2S. The molecule has 0 saturated carbocycles. The van der Waals surface area contributed by atoms with Crippen molar-refractivity contribution in [3.05, 3.63) is 58.0 Å². The van der Waals surface area contributed by atoms with Crippen LogP contribution in [-0.4, -0.2) is 71.8 Å². The molecule has 2 amide bonds. The van der Waals surface area contributed by atoms with Gasteiger partial charge in [-0.15, -0.1) is 11.3 Å². The SMILES string of the molecule is CC(=O)N1CCC(N2CCC([C@H](Cc3ccccc3F)N(C)C(=O)c3cccs3)CC2)CC1. The smallest absolute Gasteiger partial charge is 0.263 e. The maximum Gasteiger partial charge on any atom is 0.263 e. The highest BCUT2D eigenvalue weighted by molar-refractivity contribution is 7.12. The maximum absolute atomic E-state index is 14.5. The lowest BCUT2D eigenvalue weighted by Crippen LogP contribution is -2.51. The molecule has 0 aliphatic carbocycles. The minimum Gasteiger partial charge on any atom is -0.343 e. The topological polar surface area (TPSA) is 43.9 Å². The molecule has 2 aliphatic rings. The summed E-state index contributed by atoms with van der Waals surface area (Å²) in [7, 11) is 1.87. The van der Waals surface area contributed by atoms with Crippen molar-refractivity contribution >= 4 is 23.2 Å². The predicted octanol–water partition coefficient (Wildman–Crippen LogP) is 4.29. The summed E-state index contributed by atoms with van der Waals surface area (Å²) in [4.78, 5) is 31.9. The van der Waals surface area contributed by atoms with Crippen molar-refractivity contribution in [2.24, 2.45) is 5.92 Å². The number of carbonyl (C=O) groups excluding carboxylic acids is 2. The molecule has 7 heteroatoms. The average Bonchev–Trinajstić information content (AvgIpc) is 3.38. The summed E-state index contributed by atoms with van der Waals surface area (Å²) < 4.78 is 14.5. The van der Waals surface area contributed by atoms with Crippen LogP contribution in [0.15, 0.2) is 41.8 Å². The summed E-state index contributed by atoms with van der Waals surface area (Å²) in [5.74, 6) is 0.313. The molecule has 1 atom stereocenters. The second kappa shape index (κ2) is 10.8. The summed E-state index contributed by atoms with van der Waals surface area (Å²) in [6, 6.07) is 11.2. The lowest BCUT2D eigenvalue weighted by Gasteiger charge is -2.44. The fourth-order valence-corrected chi connectivity index (χ4v) is 6.15. The van der Waals surface area contributed by atoms with Gasteiger partial charge in [0.15, 0.2) is 0 Å². The van der Waals surface area contributed by atoms with Crippen LogP contribution >= 0.6 is 11.3 Å². The van der Waals surface area contributed by atoms with Crippen molar-refractivity contribution in [3.63, 3.8) is 0 Å². The van der Waals surface area contributed by atoms with E-state index < -0.39 is 0 Å². The van der Waals surface area contributed by atoms with E-state index >= 15 is 0 Å². The number of hydrogen-bond acceptors (Lipinski definition) is 4. The Kier molecular flexibility index (Phi) is 7.81. The van der Waals surface area contributed by atoms with Crippen molar-refractivity contribution in [1.29, 1.82) is 0 Å². The van der Waals surface area contributed by atoms with Gasteiger partial charge in [-0.2, -0.15) is 0 Å². The van der Waals surface area contributed by atoms with Crippen molar-refractivity contribution in [3.8, 4) is 0 Å². The standard InChI is InChI=1S/C26H34FN3O2S/c1-19(31)29-15-11-22(12-16-29)30-13-9-20(10-14-30)24(18-21-6-3-4-7-23(21)27)28(2)26(32)25-8-5-17-33-25/h3-8,17,20,22,24H,9-16,18H2,1-2H3/t24-/m0/s1. The Balaban J connectivity index is 1.43. The fourth-order valence-electron chi connectivity index (χ4n) is 5.45. The van der Waals surface area contributed by atoms with E-state index in [0.717, 1.165) is 56.7 Å².